The van der Waals surface area contributed by atoms with Crippen molar-refractivity contribution in [2.45, 2.75) is 18.7 Å². The summed E-state index contributed by atoms with van der Waals surface area (Å²) in [6.07, 6.45) is 0. The first-order valence-electron chi connectivity index (χ1n) is 8.83. The summed E-state index contributed by atoms with van der Waals surface area (Å²) in [6, 6.07) is 12.6. The SMILES string of the molecule is Cc1ccc(-c2csc(NC(=O)CN=C3NS(=O)(=O)c4ccccc43)n2)cc1C. The number of carbonyl (C=O) groups is 1. The van der Waals surface area contributed by atoms with E-state index in [0.717, 1.165) is 11.3 Å². The van der Waals surface area contributed by atoms with Crippen LogP contribution in [0.25, 0.3) is 11.3 Å². The monoisotopic (exact) mass is 426 g/mol. The largest absolute Gasteiger partial charge is 0.300 e. The van der Waals surface area contributed by atoms with E-state index in [0.29, 0.717) is 10.7 Å². The van der Waals surface area contributed by atoms with Gasteiger partial charge in [0.15, 0.2) is 5.13 Å². The maximum absolute atomic E-state index is 12.3. The number of nitrogens with zero attached hydrogens (tertiary/aromatic N) is 2. The quantitative estimate of drug-likeness (QED) is 0.669. The topological polar surface area (TPSA) is 101 Å². The van der Waals surface area contributed by atoms with Gasteiger partial charge in [-0.25, -0.2) is 13.4 Å². The molecule has 0 fully saturated rings. The Hall–Kier alpha value is -3.04. The molecular formula is C20H18N4O3S2. The summed E-state index contributed by atoms with van der Waals surface area (Å²) in [4.78, 5) is 21.0. The molecular weight excluding hydrogens is 408 g/mol. The van der Waals surface area contributed by atoms with Crippen molar-refractivity contribution in [1.29, 1.82) is 0 Å². The van der Waals surface area contributed by atoms with Crippen LogP contribution in [-0.2, 0) is 14.8 Å². The minimum absolute atomic E-state index is 0.164. The molecule has 148 valence electrons. The number of sulfonamides is 1. The number of hydrogen-bond donors (Lipinski definition) is 2. The first-order valence-corrected chi connectivity index (χ1v) is 11.2. The molecule has 2 heterocycles. The number of amides is 1. The highest BCUT2D eigenvalue weighted by molar-refractivity contribution is 7.90. The van der Waals surface area contributed by atoms with Crippen molar-refractivity contribution in [3.8, 4) is 11.3 Å². The summed E-state index contributed by atoms with van der Waals surface area (Å²) in [5.74, 6) is -0.201. The molecule has 1 aliphatic rings. The van der Waals surface area contributed by atoms with Gasteiger partial charge in [-0.05, 0) is 43.2 Å². The minimum Gasteiger partial charge on any atom is -0.300 e. The molecule has 4 rings (SSSR count). The number of nitrogens with one attached hydrogen (secondary N) is 2. The molecule has 0 spiro atoms. The van der Waals surface area contributed by atoms with Crippen LogP contribution < -0.4 is 10.0 Å². The van der Waals surface area contributed by atoms with E-state index in [1.807, 2.05) is 24.4 Å². The van der Waals surface area contributed by atoms with Crippen molar-refractivity contribution in [2.75, 3.05) is 11.9 Å². The number of carbonyl (C=O) groups excluding carboxylic acids is 1. The first kappa shape index (κ1) is 19.3. The van der Waals surface area contributed by atoms with Crippen LogP contribution in [0.3, 0.4) is 0 Å². The average Bonchev–Trinajstić information content (AvgIpc) is 3.25. The second kappa shape index (κ2) is 7.41. The van der Waals surface area contributed by atoms with Crippen LogP contribution in [0, 0.1) is 13.8 Å². The number of amidine groups is 1. The number of aliphatic imine (C=N–C) groups is 1. The zero-order valence-corrected chi connectivity index (χ0v) is 17.4. The van der Waals surface area contributed by atoms with Gasteiger partial charge in [0.2, 0.25) is 5.91 Å². The number of hydrogen-bond acceptors (Lipinski definition) is 6. The number of anilines is 1. The molecule has 0 atom stereocenters. The second-order valence-electron chi connectivity index (χ2n) is 6.65. The average molecular weight is 427 g/mol. The van der Waals surface area contributed by atoms with Gasteiger partial charge in [-0.3, -0.25) is 14.5 Å². The van der Waals surface area contributed by atoms with Crippen molar-refractivity contribution >= 4 is 38.2 Å². The third-order valence-electron chi connectivity index (χ3n) is 4.60. The van der Waals surface area contributed by atoms with E-state index in [4.69, 9.17) is 0 Å². The number of aryl methyl sites for hydroxylation is 2. The molecule has 1 amide bonds. The minimum atomic E-state index is -3.62. The van der Waals surface area contributed by atoms with E-state index in [2.05, 4.69) is 33.0 Å². The number of thiazole rings is 1. The van der Waals surface area contributed by atoms with Gasteiger partial charge in [0.1, 0.15) is 12.4 Å². The normalized spacial score (nSPS) is 15.7. The van der Waals surface area contributed by atoms with E-state index < -0.39 is 10.0 Å². The molecule has 1 aromatic heterocycles. The predicted molar refractivity (Wildman–Crippen MR) is 114 cm³/mol. The lowest BCUT2D eigenvalue weighted by Gasteiger charge is -2.03. The fraction of sp³-hybridized carbons (Fsp3) is 0.150. The maximum Gasteiger partial charge on any atom is 0.263 e. The molecule has 0 saturated heterocycles. The number of rotatable bonds is 4. The molecule has 2 N–H and O–H groups in total. The smallest absolute Gasteiger partial charge is 0.263 e. The van der Waals surface area contributed by atoms with Crippen molar-refractivity contribution in [2.24, 2.45) is 4.99 Å². The fourth-order valence-electron chi connectivity index (χ4n) is 2.93. The first-order chi connectivity index (χ1) is 13.8. The molecule has 29 heavy (non-hydrogen) atoms. The maximum atomic E-state index is 12.3. The number of aromatic nitrogens is 1. The lowest BCUT2D eigenvalue weighted by Crippen LogP contribution is -2.24. The molecule has 7 nitrogen and oxygen atoms in total. The summed E-state index contributed by atoms with van der Waals surface area (Å²) in [5.41, 5.74) is 4.63. The van der Waals surface area contributed by atoms with Gasteiger partial charge >= 0.3 is 0 Å². The Bertz CT molecular complexity index is 1250. The van der Waals surface area contributed by atoms with Crippen LogP contribution in [0.1, 0.15) is 16.7 Å². The van der Waals surface area contributed by atoms with Crippen LogP contribution in [-0.4, -0.2) is 31.7 Å². The molecule has 2 aromatic carbocycles. The van der Waals surface area contributed by atoms with Crippen LogP contribution in [0.15, 0.2) is 57.7 Å². The second-order valence-corrected chi connectivity index (χ2v) is 9.16. The third kappa shape index (κ3) is 3.92. The van der Waals surface area contributed by atoms with Gasteiger partial charge in [-0.1, -0.05) is 24.3 Å². The van der Waals surface area contributed by atoms with Crippen LogP contribution in [0.5, 0.6) is 0 Å². The molecule has 0 aliphatic carbocycles. The fourth-order valence-corrected chi connectivity index (χ4v) is 4.91. The Balaban J connectivity index is 1.46. The van der Waals surface area contributed by atoms with E-state index >= 15 is 0 Å². The number of benzene rings is 2. The third-order valence-corrected chi connectivity index (χ3v) is 6.75. The summed E-state index contributed by atoms with van der Waals surface area (Å²) in [6.45, 7) is 3.88. The summed E-state index contributed by atoms with van der Waals surface area (Å²) in [5, 5.41) is 5.06. The Kier molecular flexibility index (Phi) is 4.93. The van der Waals surface area contributed by atoms with Gasteiger partial charge in [0.25, 0.3) is 10.0 Å². The molecule has 0 unspecified atom stereocenters. The van der Waals surface area contributed by atoms with Crippen molar-refractivity contribution in [3.05, 3.63) is 64.5 Å². The highest BCUT2D eigenvalue weighted by Crippen LogP contribution is 2.26. The van der Waals surface area contributed by atoms with Crippen LogP contribution in [0.4, 0.5) is 5.13 Å². The van der Waals surface area contributed by atoms with Crippen molar-refractivity contribution < 1.29 is 13.2 Å². The van der Waals surface area contributed by atoms with E-state index in [9.17, 15) is 13.2 Å². The van der Waals surface area contributed by atoms with Crippen LogP contribution in [0.2, 0.25) is 0 Å². The zero-order valence-electron chi connectivity index (χ0n) is 15.8. The Morgan fingerprint density at radius 3 is 2.76 bits per heavy atom. The molecule has 3 aromatic rings. The summed E-state index contributed by atoms with van der Waals surface area (Å²) < 4.78 is 26.5. The van der Waals surface area contributed by atoms with Gasteiger partial charge < -0.3 is 5.32 Å². The lowest BCUT2D eigenvalue weighted by molar-refractivity contribution is -0.114. The Morgan fingerprint density at radius 2 is 1.97 bits per heavy atom. The Labute approximate surface area is 172 Å². The highest BCUT2D eigenvalue weighted by Gasteiger charge is 2.30. The molecule has 9 heteroatoms. The lowest BCUT2D eigenvalue weighted by atomic mass is 10.1. The van der Waals surface area contributed by atoms with Crippen molar-refractivity contribution in [3.63, 3.8) is 0 Å². The molecule has 1 aliphatic heterocycles. The van der Waals surface area contributed by atoms with Crippen molar-refractivity contribution in [1.82, 2.24) is 9.71 Å². The number of fused-ring (bicyclic) bond motifs is 1. The molecule has 0 bridgehead atoms. The zero-order chi connectivity index (χ0) is 20.6. The molecule has 0 radical (unpaired) electrons. The Morgan fingerprint density at radius 1 is 1.17 bits per heavy atom. The van der Waals surface area contributed by atoms with Gasteiger partial charge in [0, 0.05) is 16.5 Å². The van der Waals surface area contributed by atoms with Gasteiger partial charge in [-0.15, -0.1) is 11.3 Å². The van der Waals surface area contributed by atoms with Crippen LogP contribution >= 0.6 is 11.3 Å². The van der Waals surface area contributed by atoms with Gasteiger partial charge in [-0.2, -0.15) is 0 Å². The standard InChI is InChI=1S/C20H18N4O3S2/c1-12-7-8-14(9-13(12)2)16-11-28-20(22-16)23-18(25)10-21-19-15-5-3-4-6-17(15)29(26,27)24-19/h3-9,11H,10H2,1-2H3,(H,21,24)(H,22,23,25). The molecule has 0 saturated carbocycles. The van der Waals surface area contributed by atoms with E-state index in [1.165, 1.54) is 28.5 Å². The van der Waals surface area contributed by atoms with Gasteiger partial charge in [0.05, 0.1) is 10.6 Å². The van der Waals surface area contributed by atoms with E-state index in [1.54, 1.807) is 18.2 Å². The summed E-state index contributed by atoms with van der Waals surface area (Å²) >= 11 is 1.33. The van der Waals surface area contributed by atoms with E-state index in [-0.39, 0.29) is 23.2 Å². The predicted octanol–water partition coefficient (Wildman–Crippen LogP) is 3.10. The summed E-state index contributed by atoms with van der Waals surface area (Å²) in [7, 11) is -3.62. The highest BCUT2D eigenvalue weighted by atomic mass is 32.2.